The molecule has 0 bridgehead atoms. The van der Waals surface area contributed by atoms with Gasteiger partial charge >= 0.3 is 6.18 Å². The van der Waals surface area contributed by atoms with E-state index in [1.807, 2.05) is 0 Å². The molecule has 0 aliphatic rings. The smallest absolute Gasteiger partial charge is 0.416 e. The molecule has 0 spiro atoms. The van der Waals surface area contributed by atoms with Crippen LogP contribution in [0.4, 0.5) is 18.9 Å². The van der Waals surface area contributed by atoms with Crippen molar-refractivity contribution < 1.29 is 36.0 Å². The summed E-state index contributed by atoms with van der Waals surface area (Å²) in [6.07, 6.45) is -3.87. The molecular weight excluding hydrogens is 473 g/mol. The summed E-state index contributed by atoms with van der Waals surface area (Å²) < 4.78 is 67.4. The number of benzene rings is 2. The van der Waals surface area contributed by atoms with Crippen LogP contribution >= 0.6 is 15.9 Å². The first-order valence-electron chi connectivity index (χ1n) is 7.13. The van der Waals surface area contributed by atoms with Crippen molar-refractivity contribution in [2.75, 3.05) is 6.26 Å². The lowest BCUT2D eigenvalue weighted by atomic mass is 10.1. The van der Waals surface area contributed by atoms with E-state index in [2.05, 4.69) is 15.9 Å². The number of nitro benzene ring substituents is 1. The van der Waals surface area contributed by atoms with Crippen LogP contribution in [0.2, 0.25) is 0 Å². The van der Waals surface area contributed by atoms with Crippen molar-refractivity contribution in [3.8, 4) is 11.5 Å². The highest BCUT2D eigenvalue weighted by molar-refractivity contribution is 9.10. The number of sulfonamides is 1. The van der Waals surface area contributed by atoms with Crippen LogP contribution in [0.3, 0.4) is 0 Å². The quantitative estimate of drug-likeness (QED) is 0.510. The van der Waals surface area contributed by atoms with Crippen LogP contribution in [0.5, 0.6) is 11.5 Å². The van der Waals surface area contributed by atoms with Gasteiger partial charge in [-0.05, 0) is 40.2 Å². The fourth-order valence-corrected chi connectivity index (χ4v) is 2.94. The molecule has 0 unspecified atom stereocenters. The Labute approximate surface area is 164 Å². The highest BCUT2D eigenvalue weighted by Gasteiger charge is 2.31. The second kappa shape index (κ2) is 7.75. The van der Waals surface area contributed by atoms with Gasteiger partial charge in [-0.2, -0.15) is 13.2 Å². The maximum atomic E-state index is 12.7. The van der Waals surface area contributed by atoms with Gasteiger partial charge in [0.15, 0.2) is 0 Å². The van der Waals surface area contributed by atoms with Crippen LogP contribution in [0.1, 0.15) is 15.9 Å². The highest BCUT2D eigenvalue weighted by atomic mass is 79.9. The zero-order valence-electron chi connectivity index (χ0n) is 13.8. The third-order valence-corrected chi connectivity index (χ3v) is 4.35. The topological polar surface area (TPSA) is 116 Å². The van der Waals surface area contributed by atoms with Crippen molar-refractivity contribution >= 4 is 37.5 Å². The van der Waals surface area contributed by atoms with Crippen molar-refractivity contribution in [1.29, 1.82) is 0 Å². The van der Waals surface area contributed by atoms with E-state index in [1.165, 1.54) is 0 Å². The first-order valence-corrected chi connectivity index (χ1v) is 9.81. The zero-order valence-corrected chi connectivity index (χ0v) is 16.2. The molecule has 2 rings (SSSR count). The van der Waals surface area contributed by atoms with Gasteiger partial charge in [0.25, 0.3) is 11.6 Å². The maximum Gasteiger partial charge on any atom is 0.416 e. The number of hydrogen-bond donors (Lipinski definition) is 1. The van der Waals surface area contributed by atoms with Gasteiger partial charge < -0.3 is 4.74 Å². The Bertz CT molecular complexity index is 1060. The van der Waals surface area contributed by atoms with Crippen LogP contribution in [0.25, 0.3) is 0 Å². The van der Waals surface area contributed by atoms with Gasteiger partial charge in [0.2, 0.25) is 10.0 Å². The number of alkyl halides is 3. The SMILES string of the molecule is CS(=O)(=O)NC(=O)c1cc(Oc2ccc(C(F)(F)F)cc2Br)ccc1[N+](=O)[O-]. The molecule has 0 fully saturated rings. The summed E-state index contributed by atoms with van der Waals surface area (Å²) in [5, 5.41) is 11.1. The van der Waals surface area contributed by atoms with Crippen LogP contribution in [0.15, 0.2) is 40.9 Å². The number of carbonyl (C=O) groups is 1. The zero-order chi connectivity index (χ0) is 21.3. The lowest BCUT2D eigenvalue weighted by Gasteiger charge is -2.12. The summed E-state index contributed by atoms with van der Waals surface area (Å²) in [5.74, 6) is -1.45. The summed E-state index contributed by atoms with van der Waals surface area (Å²) in [5.41, 5.74) is -2.21. The van der Waals surface area contributed by atoms with Gasteiger partial charge in [-0.25, -0.2) is 13.1 Å². The number of nitrogens with one attached hydrogen (secondary N) is 1. The molecule has 0 saturated carbocycles. The average Bonchev–Trinajstić information content (AvgIpc) is 2.54. The number of halogens is 4. The molecule has 0 aliphatic carbocycles. The van der Waals surface area contributed by atoms with E-state index in [-0.39, 0.29) is 16.0 Å². The minimum Gasteiger partial charge on any atom is -0.456 e. The molecule has 2 aromatic rings. The summed E-state index contributed by atoms with van der Waals surface area (Å²) >= 11 is 2.93. The molecule has 28 heavy (non-hydrogen) atoms. The van der Waals surface area contributed by atoms with Crippen molar-refractivity contribution in [2.24, 2.45) is 0 Å². The molecule has 0 aromatic heterocycles. The molecule has 150 valence electrons. The summed E-state index contributed by atoms with van der Waals surface area (Å²) in [6.45, 7) is 0. The summed E-state index contributed by atoms with van der Waals surface area (Å²) in [6, 6.07) is 5.48. The molecule has 13 heteroatoms. The Morgan fingerprint density at radius 3 is 2.36 bits per heavy atom. The van der Waals surface area contributed by atoms with Gasteiger partial charge in [0, 0.05) is 12.1 Å². The molecule has 8 nitrogen and oxygen atoms in total. The Morgan fingerprint density at radius 1 is 1.21 bits per heavy atom. The first-order chi connectivity index (χ1) is 12.8. The van der Waals surface area contributed by atoms with E-state index >= 15 is 0 Å². The highest BCUT2D eigenvalue weighted by Crippen LogP contribution is 2.37. The average molecular weight is 483 g/mol. The third kappa shape index (κ3) is 5.42. The summed E-state index contributed by atoms with van der Waals surface area (Å²) in [7, 11) is -3.99. The van der Waals surface area contributed by atoms with Crippen molar-refractivity contribution in [2.45, 2.75) is 6.18 Å². The predicted octanol–water partition coefficient (Wildman–Crippen LogP) is 3.86. The molecule has 0 heterocycles. The number of nitrogens with zero attached hydrogens (tertiary/aromatic N) is 1. The van der Waals surface area contributed by atoms with Gasteiger partial charge in [0.1, 0.15) is 17.1 Å². The lowest BCUT2D eigenvalue weighted by Crippen LogP contribution is -2.29. The number of ether oxygens (including phenoxy) is 1. The van der Waals surface area contributed by atoms with Crippen molar-refractivity contribution in [1.82, 2.24) is 4.72 Å². The second-order valence-corrected chi connectivity index (χ2v) is 7.99. The predicted molar refractivity (Wildman–Crippen MR) is 94.6 cm³/mol. The molecule has 0 saturated heterocycles. The molecule has 0 atom stereocenters. The molecule has 0 aliphatic heterocycles. The van der Waals surface area contributed by atoms with Crippen LogP contribution in [-0.4, -0.2) is 25.5 Å². The Hall–Kier alpha value is -2.67. The Morgan fingerprint density at radius 2 is 1.86 bits per heavy atom. The monoisotopic (exact) mass is 482 g/mol. The van der Waals surface area contributed by atoms with Gasteiger partial charge in [-0.15, -0.1) is 0 Å². The third-order valence-electron chi connectivity index (χ3n) is 3.17. The van der Waals surface area contributed by atoms with E-state index in [0.29, 0.717) is 6.26 Å². The summed E-state index contributed by atoms with van der Waals surface area (Å²) in [4.78, 5) is 22.2. The molecule has 1 amide bonds. The van der Waals surface area contributed by atoms with Gasteiger partial charge in [0.05, 0.1) is 21.2 Å². The van der Waals surface area contributed by atoms with Crippen LogP contribution in [0, 0.1) is 10.1 Å². The van der Waals surface area contributed by atoms with E-state index in [4.69, 9.17) is 4.74 Å². The number of rotatable bonds is 5. The molecule has 2 aromatic carbocycles. The van der Waals surface area contributed by atoms with Crippen LogP contribution < -0.4 is 9.46 Å². The largest absolute Gasteiger partial charge is 0.456 e. The van der Waals surface area contributed by atoms with E-state index in [1.54, 1.807) is 4.72 Å². The normalized spacial score (nSPS) is 11.8. The van der Waals surface area contributed by atoms with E-state index < -0.39 is 43.8 Å². The number of carbonyl (C=O) groups excluding carboxylic acids is 1. The fraction of sp³-hybridized carbons (Fsp3) is 0.133. The first kappa shape index (κ1) is 21.6. The number of hydrogen-bond acceptors (Lipinski definition) is 6. The molecular formula is C15H10BrF3N2O6S. The molecule has 1 N–H and O–H groups in total. The van der Waals surface area contributed by atoms with Crippen molar-refractivity contribution in [3.63, 3.8) is 0 Å². The van der Waals surface area contributed by atoms with Gasteiger partial charge in [-0.1, -0.05) is 0 Å². The molecule has 0 radical (unpaired) electrons. The lowest BCUT2D eigenvalue weighted by molar-refractivity contribution is -0.385. The number of nitro groups is 1. The van der Waals surface area contributed by atoms with E-state index in [9.17, 15) is 36.5 Å². The Balaban J connectivity index is 2.41. The van der Waals surface area contributed by atoms with Gasteiger partial charge in [-0.3, -0.25) is 14.9 Å². The maximum absolute atomic E-state index is 12.7. The minimum absolute atomic E-state index is 0.0529. The minimum atomic E-state index is -4.56. The van der Waals surface area contributed by atoms with E-state index in [0.717, 1.165) is 36.4 Å². The van der Waals surface area contributed by atoms with Crippen LogP contribution in [-0.2, 0) is 16.2 Å². The standard InChI is InChI=1S/C15H10BrF3N2O6S/c1-28(25,26)20-14(22)10-7-9(3-4-12(10)21(23)24)27-13-5-2-8(6-11(13)16)15(17,18)19/h2-7H,1H3,(H,20,22). The second-order valence-electron chi connectivity index (χ2n) is 5.38. The number of amides is 1. The fourth-order valence-electron chi connectivity index (χ4n) is 2.03. The van der Waals surface area contributed by atoms with Crippen molar-refractivity contribution in [3.05, 3.63) is 62.1 Å². The Kier molecular flexibility index (Phi) is 5.99.